The van der Waals surface area contributed by atoms with E-state index in [9.17, 15) is 9.59 Å². The average molecular weight is 434 g/mol. The van der Waals surface area contributed by atoms with Crippen LogP contribution in [0.15, 0.2) is 72.8 Å². The Morgan fingerprint density at radius 1 is 0.531 bits per heavy atom. The van der Waals surface area contributed by atoms with Gasteiger partial charge >= 0.3 is 12.1 Å². The number of hydrogen-bond donors (Lipinski definition) is 4. The first-order chi connectivity index (χ1) is 15.6. The smallest absolute Gasteiger partial charge is 0.323 e. The second-order valence-corrected chi connectivity index (χ2v) is 6.65. The van der Waals surface area contributed by atoms with Gasteiger partial charge in [-0.05, 0) is 86.6 Å². The van der Waals surface area contributed by atoms with Gasteiger partial charge in [-0.1, -0.05) is 0 Å². The van der Waals surface area contributed by atoms with E-state index < -0.39 is 0 Å². The van der Waals surface area contributed by atoms with E-state index in [1.807, 2.05) is 13.8 Å². The molecule has 0 fully saturated rings. The van der Waals surface area contributed by atoms with Gasteiger partial charge in [0.1, 0.15) is 11.5 Å². The van der Waals surface area contributed by atoms with E-state index in [0.29, 0.717) is 36.0 Å². The van der Waals surface area contributed by atoms with Crippen molar-refractivity contribution >= 4 is 34.8 Å². The van der Waals surface area contributed by atoms with Gasteiger partial charge in [-0.15, -0.1) is 0 Å². The van der Waals surface area contributed by atoms with E-state index in [-0.39, 0.29) is 12.1 Å². The summed E-state index contributed by atoms with van der Waals surface area (Å²) in [4.78, 5) is 24.4. The zero-order valence-corrected chi connectivity index (χ0v) is 18.0. The average Bonchev–Trinajstić information content (AvgIpc) is 2.78. The van der Waals surface area contributed by atoms with Gasteiger partial charge in [0.25, 0.3) is 0 Å². The van der Waals surface area contributed by atoms with Crippen LogP contribution < -0.4 is 30.7 Å². The summed E-state index contributed by atoms with van der Waals surface area (Å²) < 4.78 is 10.8. The summed E-state index contributed by atoms with van der Waals surface area (Å²) >= 11 is 0. The summed E-state index contributed by atoms with van der Waals surface area (Å²) in [5.41, 5.74) is 2.47. The molecule has 166 valence electrons. The monoisotopic (exact) mass is 434 g/mol. The maximum atomic E-state index is 12.2. The Kier molecular flexibility index (Phi) is 7.91. The second kappa shape index (κ2) is 11.3. The van der Waals surface area contributed by atoms with Crippen molar-refractivity contribution in [3.8, 4) is 11.5 Å². The summed E-state index contributed by atoms with van der Waals surface area (Å²) in [5, 5.41) is 11.0. The van der Waals surface area contributed by atoms with Gasteiger partial charge in [0.2, 0.25) is 0 Å². The number of nitrogens with one attached hydrogen (secondary N) is 4. The fourth-order valence-electron chi connectivity index (χ4n) is 2.83. The van der Waals surface area contributed by atoms with Crippen LogP contribution in [0, 0.1) is 0 Å². The number of ether oxygens (including phenoxy) is 2. The Bertz CT molecular complexity index is 935. The minimum atomic E-state index is -0.372. The Morgan fingerprint density at radius 3 is 1.03 bits per heavy atom. The van der Waals surface area contributed by atoms with Gasteiger partial charge in [0.05, 0.1) is 13.2 Å². The van der Waals surface area contributed by atoms with E-state index in [1.165, 1.54) is 0 Å². The van der Waals surface area contributed by atoms with Crippen LogP contribution >= 0.6 is 0 Å². The molecule has 3 aromatic carbocycles. The molecule has 0 saturated heterocycles. The van der Waals surface area contributed by atoms with Crippen molar-refractivity contribution in [2.45, 2.75) is 13.8 Å². The van der Waals surface area contributed by atoms with Crippen LogP contribution in [0.2, 0.25) is 0 Å². The lowest BCUT2D eigenvalue weighted by atomic mass is 10.2. The zero-order valence-electron chi connectivity index (χ0n) is 18.0. The Labute approximate surface area is 186 Å². The first-order valence-electron chi connectivity index (χ1n) is 10.3. The molecule has 8 heteroatoms. The summed E-state index contributed by atoms with van der Waals surface area (Å²) in [6.45, 7) is 4.99. The maximum absolute atomic E-state index is 12.2. The van der Waals surface area contributed by atoms with Crippen LogP contribution in [0.3, 0.4) is 0 Å². The molecular formula is C24H26N4O4. The summed E-state index contributed by atoms with van der Waals surface area (Å²) in [6.07, 6.45) is 0. The molecule has 32 heavy (non-hydrogen) atoms. The molecule has 0 heterocycles. The van der Waals surface area contributed by atoms with Gasteiger partial charge in [0, 0.05) is 22.7 Å². The van der Waals surface area contributed by atoms with Crippen LogP contribution in [-0.4, -0.2) is 25.3 Å². The summed E-state index contributed by atoms with van der Waals surface area (Å²) in [7, 11) is 0. The Hall–Kier alpha value is -4.20. The fraction of sp³-hybridized carbons (Fsp3) is 0.167. The van der Waals surface area contributed by atoms with Gasteiger partial charge < -0.3 is 30.7 Å². The molecule has 4 amide bonds. The molecule has 0 aliphatic rings. The third-order valence-corrected chi connectivity index (χ3v) is 4.25. The largest absolute Gasteiger partial charge is 0.494 e. The van der Waals surface area contributed by atoms with Crippen molar-refractivity contribution in [2.24, 2.45) is 0 Å². The van der Waals surface area contributed by atoms with Crippen molar-refractivity contribution < 1.29 is 19.1 Å². The first kappa shape index (κ1) is 22.5. The van der Waals surface area contributed by atoms with E-state index >= 15 is 0 Å². The van der Waals surface area contributed by atoms with Crippen LogP contribution in [0.4, 0.5) is 32.3 Å². The molecule has 0 bridgehead atoms. The molecule has 0 unspecified atom stereocenters. The van der Waals surface area contributed by atoms with Crippen LogP contribution in [-0.2, 0) is 0 Å². The number of hydrogen-bond acceptors (Lipinski definition) is 4. The highest BCUT2D eigenvalue weighted by Crippen LogP contribution is 2.18. The Morgan fingerprint density at radius 2 is 0.781 bits per heavy atom. The molecule has 3 rings (SSSR count). The molecule has 4 N–H and O–H groups in total. The van der Waals surface area contributed by atoms with E-state index in [0.717, 1.165) is 11.5 Å². The topological polar surface area (TPSA) is 101 Å². The number of benzene rings is 3. The van der Waals surface area contributed by atoms with Crippen LogP contribution in [0.25, 0.3) is 0 Å². The van der Waals surface area contributed by atoms with E-state index in [2.05, 4.69) is 21.3 Å². The van der Waals surface area contributed by atoms with Gasteiger partial charge in [-0.2, -0.15) is 0 Å². The maximum Gasteiger partial charge on any atom is 0.323 e. The molecule has 0 radical (unpaired) electrons. The number of anilines is 4. The number of carbonyl (C=O) groups is 2. The quantitative estimate of drug-likeness (QED) is 0.361. The zero-order chi connectivity index (χ0) is 22.8. The van der Waals surface area contributed by atoms with Crippen molar-refractivity contribution in [1.82, 2.24) is 0 Å². The highest BCUT2D eigenvalue weighted by atomic mass is 16.5. The second-order valence-electron chi connectivity index (χ2n) is 6.65. The normalized spacial score (nSPS) is 10.1. The number of amides is 4. The van der Waals surface area contributed by atoms with Crippen molar-refractivity contribution in [1.29, 1.82) is 0 Å². The van der Waals surface area contributed by atoms with E-state index in [4.69, 9.17) is 9.47 Å². The number of carbonyl (C=O) groups excluding carboxylic acids is 2. The summed E-state index contributed by atoms with van der Waals surface area (Å²) in [5.74, 6) is 1.49. The predicted molar refractivity (Wildman–Crippen MR) is 127 cm³/mol. The molecule has 0 aromatic heterocycles. The lowest BCUT2D eigenvalue weighted by Gasteiger charge is -2.11. The Balaban J connectivity index is 1.47. The lowest BCUT2D eigenvalue weighted by Crippen LogP contribution is -2.20. The molecule has 0 atom stereocenters. The minimum absolute atomic E-state index is 0.372. The van der Waals surface area contributed by atoms with Crippen molar-refractivity contribution in [3.05, 3.63) is 72.8 Å². The molecule has 0 aliphatic heterocycles. The molecule has 8 nitrogen and oxygen atoms in total. The highest BCUT2D eigenvalue weighted by Gasteiger charge is 2.06. The SMILES string of the molecule is CCOc1ccc(NC(=O)Nc2ccc(NC(=O)Nc3ccc(OCC)cc3)cc2)cc1. The number of urea groups is 2. The summed E-state index contributed by atoms with van der Waals surface area (Å²) in [6, 6.07) is 20.3. The minimum Gasteiger partial charge on any atom is -0.494 e. The fourth-order valence-corrected chi connectivity index (χ4v) is 2.83. The third kappa shape index (κ3) is 6.94. The van der Waals surface area contributed by atoms with Crippen molar-refractivity contribution in [2.75, 3.05) is 34.5 Å². The van der Waals surface area contributed by atoms with Crippen LogP contribution in [0.1, 0.15) is 13.8 Å². The van der Waals surface area contributed by atoms with Gasteiger partial charge in [-0.3, -0.25) is 0 Å². The lowest BCUT2D eigenvalue weighted by molar-refractivity contribution is 0.261. The molecular weight excluding hydrogens is 408 g/mol. The molecule has 3 aromatic rings. The standard InChI is InChI=1S/C24H26N4O4/c1-3-31-21-13-9-19(10-14-21)27-23(29)25-17-5-7-18(8-6-17)26-24(30)28-20-11-15-22(16-12-20)32-4-2/h5-16H,3-4H2,1-2H3,(H2,25,27,29)(H2,26,28,30). The number of rotatable bonds is 8. The van der Waals surface area contributed by atoms with Crippen LogP contribution in [0.5, 0.6) is 11.5 Å². The molecule has 0 spiro atoms. The highest BCUT2D eigenvalue weighted by molar-refractivity contribution is 6.01. The van der Waals surface area contributed by atoms with Gasteiger partial charge in [-0.25, -0.2) is 9.59 Å². The van der Waals surface area contributed by atoms with Crippen molar-refractivity contribution in [3.63, 3.8) is 0 Å². The predicted octanol–water partition coefficient (Wildman–Crippen LogP) is 5.77. The third-order valence-electron chi connectivity index (χ3n) is 4.25. The molecule has 0 saturated carbocycles. The van der Waals surface area contributed by atoms with Gasteiger partial charge in [0.15, 0.2) is 0 Å². The van der Waals surface area contributed by atoms with E-state index in [1.54, 1.807) is 72.8 Å². The molecule has 0 aliphatic carbocycles. The first-order valence-corrected chi connectivity index (χ1v) is 10.3.